The van der Waals surface area contributed by atoms with E-state index in [4.69, 9.17) is 93.0 Å². The Labute approximate surface area is 353 Å². The summed E-state index contributed by atoms with van der Waals surface area (Å²) in [6.45, 7) is 8.38. The Kier molecular flexibility index (Phi) is 46.0. The third-order valence-corrected chi connectivity index (χ3v) is 10.5. The smallest absolute Gasteiger partial charge is 0.370 e. The lowest BCUT2D eigenvalue weighted by Crippen LogP contribution is -2.56. The zero-order valence-electron chi connectivity index (χ0n) is 27.5. The Bertz CT molecular complexity index is 1410. The molecular weight excluding hydrogens is 957 g/mol. The van der Waals surface area contributed by atoms with Crippen LogP contribution in [0.2, 0.25) is 0 Å². The number of alkyl halides is 8. The van der Waals surface area contributed by atoms with Gasteiger partial charge in [-0.2, -0.15) is 43.2 Å². The van der Waals surface area contributed by atoms with Gasteiger partial charge in [0.25, 0.3) is 0 Å². The molecule has 8 nitrogen and oxygen atoms in total. The first-order valence-corrected chi connectivity index (χ1v) is 24.9. The van der Waals surface area contributed by atoms with Gasteiger partial charge in [0.2, 0.25) is 0 Å². The van der Waals surface area contributed by atoms with Gasteiger partial charge in [-0.25, -0.2) is 0 Å². The van der Waals surface area contributed by atoms with Crippen LogP contribution in [0.1, 0.15) is 53.7 Å². The first-order chi connectivity index (χ1) is 23.3. The third kappa shape index (κ3) is 38.1. The van der Waals surface area contributed by atoms with Crippen molar-refractivity contribution in [2.24, 2.45) is 0 Å². The number of benzene rings is 2. The van der Waals surface area contributed by atoms with Crippen LogP contribution in [0, 0.1) is 24.2 Å². The molecule has 0 saturated heterocycles. The fourth-order valence-electron chi connectivity index (χ4n) is 2.74. The van der Waals surface area contributed by atoms with Crippen LogP contribution >= 0.6 is 77.8 Å². The summed E-state index contributed by atoms with van der Waals surface area (Å²) in [5, 5.41) is 0.881. The summed E-state index contributed by atoms with van der Waals surface area (Å²) in [4.78, 5) is 0. The lowest BCUT2D eigenvalue weighted by molar-refractivity contribution is -0.138. The quantitative estimate of drug-likeness (QED) is 0.0691. The van der Waals surface area contributed by atoms with Crippen LogP contribution in [0.3, 0.4) is 0 Å². The summed E-state index contributed by atoms with van der Waals surface area (Å²) in [6, 6.07) is 5.93. The number of rotatable bonds is 8. The van der Waals surface area contributed by atoms with E-state index in [1.165, 1.54) is 24.3 Å². The van der Waals surface area contributed by atoms with Crippen molar-refractivity contribution in [1.29, 1.82) is 0 Å². The Balaban J connectivity index is -0.000000113. The van der Waals surface area contributed by atoms with Crippen LogP contribution in [0.5, 0.6) is 0 Å². The average molecular weight is 999 g/mol. The standard InChI is InChI=1S/C13H19F3O3Si.C7H4Cl3F3Si.C5H3Cl.C2H5Cl.2CH4.Cl2O2S.H3N.O2S/c1-4-17-20(18-5-2,19-6-3)12-9-7-11(8-10-12)13(14,15)16;8-14(9,10)6-3-1-5(2-4-6)7(11,12)13;1-2-3-4-5-6;1-2-3;;;1-5(2,3)4;;1-3-2/h7-10H,4-6H2,1-3H3;1-4H;1H,5H2;2H2,1H3;2*1H4;;1H3;. The van der Waals surface area contributed by atoms with Crippen molar-refractivity contribution >= 4 is 123 Å². The predicted octanol–water partition coefficient (Wildman–Crippen LogP) is 10.1. The van der Waals surface area contributed by atoms with Crippen LogP contribution in [0.15, 0.2) is 48.5 Å². The van der Waals surface area contributed by atoms with E-state index in [2.05, 4.69) is 39.1 Å². The summed E-state index contributed by atoms with van der Waals surface area (Å²) >= 11 is 26.2. The summed E-state index contributed by atoms with van der Waals surface area (Å²) < 4.78 is 126. The predicted molar refractivity (Wildman–Crippen MR) is 218 cm³/mol. The van der Waals surface area contributed by atoms with Gasteiger partial charge in [-0.05, 0) is 49.9 Å². The molecule has 2 aromatic rings. The van der Waals surface area contributed by atoms with E-state index in [1.807, 2.05) is 6.92 Å². The van der Waals surface area contributed by atoms with Gasteiger partial charge in [-0.1, -0.05) is 64.1 Å². The van der Waals surface area contributed by atoms with Crippen LogP contribution < -0.4 is 16.5 Å². The topological polar surface area (TPSA) is 131 Å². The van der Waals surface area contributed by atoms with Crippen LogP contribution in [-0.4, -0.2) is 63.2 Å². The molecular formula is C29H42Cl7F6NO7S2Si2. The minimum atomic E-state index is -4.36. The third-order valence-electron chi connectivity index (χ3n) is 4.34. The molecule has 25 heteroatoms. The Morgan fingerprint density at radius 1 is 0.722 bits per heavy atom. The van der Waals surface area contributed by atoms with E-state index in [0.29, 0.717) is 36.1 Å². The Morgan fingerprint density at radius 3 is 1.15 bits per heavy atom. The molecule has 0 unspecified atom stereocenters. The van der Waals surface area contributed by atoms with Gasteiger partial charge < -0.3 is 19.4 Å². The molecule has 0 radical (unpaired) electrons. The van der Waals surface area contributed by atoms with E-state index in [1.54, 1.807) is 20.8 Å². The Morgan fingerprint density at radius 2 is 0.981 bits per heavy atom. The second-order valence-corrected chi connectivity index (χ2v) is 23.4. The summed E-state index contributed by atoms with van der Waals surface area (Å²) in [6.07, 6.45) is -3.98. The largest absolute Gasteiger partial charge is 0.537 e. The van der Waals surface area contributed by atoms with Crippen molar-refractivity contribution in [3.63, 3.8) is 0 Å². The normalized spacial score (nSPS) is 10.2. The first-order valence-electron chi connectivity index (χ1n) is 13.3. The molecule has 0 amide bonds. The zero-order chi connectivity index (χ0) is 41.0. The van der Waals surface area contributed by atoms with Gasteiger partial charge in [-0.15, -0.1) is 62.9 Å². The lowest BCUT2D eigenvalue weighted by Gasteiger charge is -2.28. The van der Waals surface area contributed by atoms with Crippen molar-refractivity contribution in [3.05, 3.63) is 59.7 Å². The molecule has 0 spiro atoms. The number of halogens is 13. The highest BCUT2D eigenvalue weighted by atomic mass is 36.0. The molecule has 2 rings (SSSR count). The van der Waals surface area contributed by atoms with E-state index >= 15 is 0 Å². The molecule has 0 saturated carbocycles. The van der Waals surface area contributed by atoms with Crippen molar-refractivity contribution in [2.45, 2.75) is 54.9 Å². The fraction of sp³-hybridized carbons (Fsp3) is 0.448. The number of hydrogen-bond acceptors (Lipinski definition) is 8. The second-order valence-electron chi connectivity index (χ2n) is 7.80. The Hall–Kier alpha value is -0.786. The SMILES string of the molecule is C.C.C#CC#CCCl.CCCl.CCO[Si](OCC)(OCC)c1ccc(C(F)(F)F)cc1.FC(F)(F)c1ccc([Si](Cl)(Cl)Cl)cc1.N.O=S(=O)(Cl)Cl.O=S=O. The van der Waals surface area contributed by atoms with Crippen molar-refractivity contribution < 1.29 is 56.5 Å². The molecule has 0 aliphatic heterocycles. The average Bonchev–Trinajstić information content (AvgIpc) is 3.00. The first kappa shape index (κ1) is 67.9. The van der Waals surface area contributed by atoms with Gasteiger partial charge in [0, 0.05) is 52.3 Å². The van der Waals surface area contributed by atoms with Crippen LogP contribution in [0.25, 0.3) is 0 Å². The molecule has 0 fully saturated rings. The summed E-state index contributed by atoms with van der Waals surface area (Å²) in [7, 11) is 1.69. The van der Waals surface area contributed by atoms with Gasteiger partial charge in [-0.3, -0.25) is 0 Å². The van der Waals surface area contributed by atoms with Crippen molar-refractivity contribution in [2.75, 3.05) is 31.6 Å². The van der Waals surface area contributed by atoms with Gasteiger partial charge in [0.1, 0.15) is 0 Å². The van der Waals surface area contributed by atoms with E-state index < -0.39 is 58.1 Å². The molecule has 316 valence electrons. The molecule has 2 aromatic carbocycles. The molecule has 54 heavy (non-hydrogen) atoms. The highest BCUT2D eigenvalue weighted by Crippen LogP contribution is 2.30. The van der Waals surface area contributed by atoms with E-state index in [9.17, 15) is 26.3 Å². The van der Waals surface area contributed by atoms with Gasteiger partial charge in [0.15, 0.2) is 0 Å². The van der Waals surface area contributed by atoms with Crippen molar-refractivity contribution in [3.8, 4) is 24.2 Å². The molecule has 0 aliphatic rings. The maximum atomic E-state index is 12.6. The highest BCUT2D eigenvalue weighted by Gasteiger charge is 2.43. The molecule has 0 aromatic heterocycles. The molecule has 3 N–H and O–H groups in total. The monoisotopic (exact) mass is 995 g/mol. The number of terminal acetylenes is 1. The minimum absolute atomic E-state index is 0. The maximum Gasteiger partial charge on any atom is 0.537 e. The van der Waals surface area contributed by atoms with E-state index in [-0.39, 0.29) is 21.0 Å². The van der Waals surface area contributed by atoms with Crippen molar-refractivity contribution in [1.82, 2.24) is 6.15 Å². The van der Waals surface area contributed by atoms with Gasteiger partial charge >= 0.3 is 47.0 Å². The molecule has 0 atom stereocenters. The van der Waals surface area contributed by atoms with Crippen LogP contribution in [-0.2, 0) is 45.5 Å². The highest BCUT2D eigenvalue weighted by molar-refractivity contribution is 8.31. The number of hydrogen-bond donors (Lipinski definition) is 1. The minimum Gasteiger partial charge on any atom is -0.370 e. The van der Waals surface area contributed by atoms with Gasteiger partial charge in [0.05, 0.1) is 17.0 Å². The van der Waals surface area contributed by atoms with E-state index in [0.717, 1.165) is 30.1 Å². The maximum absolute atomic E-state index is 12.6. The molecule has 0 aliphatic carbocycles. The molecule has 0 bridgehead atoms. The fourth-order valence-corrected chi connectivity index (χ4v) is 6.95. The second kappa shape index (κ2) is 36.5. The van der Waals surface area contributed by atoms with Crippen LogP contribution in [0.4, 0.5) is 26.3 Å². The lowest BCUT2D eigenvalue weighted by atomic mass is 10.2. The summed E-state index contributed by atoms with van der Waals surface area (Å²) in [5.41, 5.74) is -1.45. The summed E-state index contributed by atoms with van der Waals surface area (Å²) in [5.74, 6) is 7.99. The zero-order valence-corrected chi connectivity index (χ0v) is 36.5. The molecule has 0 heterocycles.